The molecule has 0 aromatic heterocycles. The van der Waals surface area contributed by atoms with Crippen molar-refractivity contribution in [3.63, 3.8) is 0 Å². The monoisotopic (exact) mass is 603 g/mol. The molecule has 7 nitrogen and oxygen atoms in total. The van der Waals surface area contributed by atoms with E-state index in [1.54, 1.807) is 11.0 Å². The molecule has 43 heavy (non-hydrogen) atoms. The van der Waals surface area contributed by atoms with E-state index in [4.69, 9.17) is 0 Å². The number of amides is 2. The maximum atomic E-state index is 14.0. The zero-order chi connectivity index (χ0) is 30.8. The first kappa shape index (κ1) is 32.3. The van der Waals surface area contributed by atoms with Gasteiger partial charge < -0.3 is 10.2 Å². The largest absolute Gasteiger partial charge is 0.352 e. The number of sulfonamides is 1. The summed E-state index contributed by atoms with van der Waals surface area (Å²) in [5.41, 5.74) is 4.59. The van der Waals surface area contributed by atoms with Crippen LogP contribution in [0.25, 0.3) is 0 Å². The number of aryl methyl sites for hydroxylation is 2. The van der Waals surface area contributed by atoms with Crippen molar-refractivity contribution in [1.29, 1.82) is 0 Å². The third kappa shape index (κ3) is 9.68. The van der Waals surface area contributed by atoms with Gasteiger partial charge in [-0.1, -0.05) is 91.6 Å². The van der Waals surface area contributed by atoms with Crippen LogP contribution in [0.2, 0.25) is 0 Å². The number of carbonyl (C=O) groups is 2. The standard InChI is InChI=1S/C35H45N3O4S/c1-27-19-21-30(22-20-27)26-37(34(39)18-11-23-38(43(3,41)42)32-17-10-12-28(2)24-32)33(25-29-13-6-4-7-14-29)35(40)36-31-15-8-5-9-16-31/h4,6-7,10,12-14,17,19-22,24,31,33H,5,8-9,11,15-16,18,23,25-26H2,1-3H3,(H,36,40). The predicted molar refractivity (Wildman–Crippen MR) is 173 cm³/mol. The van der Waals surface area contributed by atoms with Crippen molar-refractivity contribution in [2.45, 2.75) is 83.8 Å². The minimum Gasteiger partial charge on any atom is -0.352 e. The van der Waals surface area contributed by atoms with E-state index in [1.165, 1.54) is 17.0 Å². The molecule has 1 saturated carbocycles. The molecule has 0 aliphatic heterocycles. The average molecular weight is 604 g/mol. The van der Waals surface area contributed by atoms with Gasteiger partial charge in [0.1, 0.15) is 6.04 Å². The van der Waals surface area contributed by atoms with Crippen LogP contribution in [-0.4, -0.2) is 50.0 Å². The number of nitrogens with one attached hydrogen (secondary N) is 1. The Morgan fingerprint density at radius 2 is 1.56 bits per heavy atom. The molecular weight excluding hydrogens is 558 g/mol. The van der Waals surface area contributed by atoms with Gasteiger partial charge in [0.25, 0.3) is 0 Å². The summed E-state index contributed by atoms with van der Waals surface area (Å²) in [6.07, 6.45) is 7.31. The second kappa shape index (κ2) is 15.2. The molecule has 0 saturated heterocycles. The van der Waals surface area contributed by atoms with E-state index in [1.807, 2.05) is 86.6 Å². The Kier molecular flexibility index (Phi) is 11.4. The molecule has 2 amide bonds. The van der Waals surface area contributed by atoms with E-state index in [2.05, 4.69) is 5.32 Å². The van der Waals surface area contributed by atoms with E-state index in [9.17, 15) is 18.0 Å². The van der Waals surface area contributed by atoms with Crippen LogP contribution in [0.5, 0.6) is 0 Å². The van der Waals surface area contributed by atoms with Gasteiger partial charge >= 0.3 is 0 Å². The number of carbonyl (C=O) groups excluding carboxylic acids is 2. The Labute approximate surface area is 257 Å². The fraction of sp³-hybridized carbons (Fsp3) is 0.429. The summed E-state index contributed by atoms with van der Waals surface area (Å²) in [4.78, 5) is 29.7. The molecule has 1 aliphatic rings. The number of nitrogens with zero attached hydrogens (tertiary/aromatic N) is 2. The topological polar surface area (TPSA) is 86.8 Å². The Balaban J connectivity index is 1.58. The van der Waals surface area contributed by atoms with E-state index in [0.717, 1.165) is 47.9 Å². The van der Waals surface area contributed by atoms with E-state index in [0.29, 0.717) is 25.1 Å². The summed E-state index contributed by atoms with van der Waals surface area (Å²) in [6.45, 7) is 4.40. The van der Waals surface area contributed by atoms with Gasteiger partial charge in [-0.3, -0.25) is 13.9 Å². The van der Waals surface area contributed by atoms with Crippen molar-refractivity contribution >= 4 is 27.5 Å². The summed E-state index contributed by atoms with van der Waals surface area (Å²) in [5, 5.41) is 3.27. The van der Waals surface area contributed by atoms with E-state index in [-0.39, 0.29) is 30.8 Å². The van der Waals surface area contributed by atoms with Crippen molar-refractivity contribution in [2.24, 2.45) is 0 Å². The zero-order valence-electron chi connectivity index (χ0n) is 25.7. The highest BCUT2D eigenvalue weighted by Gasteiger charge is 2.32. The van der Waals surface area contributed by atoms with Gasteiger partial charge in [-0.2, -0.15) is 0 Å². The molecule has 0 spiro atoms. The molecular formula is C35H45N3O4S. The lowest BCUT2D eigenvalue weighted by Gasteiger charge is -2.34. The van der Waals surface area contributed by atoms with Crippen molar-refractivity contribution in [2.75, 3.05) is 17.1 Å². The highest BCUT2D eigenvalue weighted by atomic mass is 32.2. The molecule has 1 unspecified atom stereocenters. The molecule has 230 valence electrons. The molecule has 1 fully saturated rings. The predicted octanol–water partition coefficient (Wildman–Crippen LogP) is 5.94. The second-order valence-electron chi connectivity index (χ2n) is 11.8. The summed E-state index contributed by atoms with van der Waals surface area (Å²) in [5.74, 6) is -0.299. The lowest BCUT2D eigenvalue weighted by atomic mass is 9.94. The maximum Gasteiger partial charge on any atom is 0.243 e. The Bertz CT molecular complexity index is 1450. The van der Waals surface area contributed by atoms with Crippen molar-refractivity contribution in [3.8, 4) is 0 Å². The Morgan fingerprint density at radius 1 is 0.860 bits per heavy atom. The molecule has 1 aliphatic carbocycles. The quantitative estimate of drug-likeness (QED) is 0.262. The molecule has 0 bridgehead atoms. The molecule has 0 heterocycles. The number of hydrogen-bond acceptors (Lipinski definition) is 4. The zero-order valence-corrected chi connectivity index (χ0v) is 26.5. The summed E-state index contributed by atoms with van der Waals surface area (Å²) < 4.78 is 26.7. The van der Waals surface area contributed by atoms with Gasteiger partial charge in [-0.25, -0.2) is 8.42 Å². The van der Waals surface area contributed by atoms with Crippen LogP contribution < -0.4 is 9.62 Å². The second-order valence-corrected chi connectivity index (χ2v) is 13.7. The molecule has 3 aromatic carbocycles. The first-order valence-corrected chi connectivity index (χ1v) is 17.2. The van der Waals surface area contributed by atoms with Crippen LogP contribution >= 0.6 is 0 Å². The van der Waals surface area contributed by atoms with E-state index >= 15 is 0 Å². The Hall–Kier alpha value is -3.65. The molecule has 1 atom stereocenters. The maximum absolute atomic E-state index is 14.0. The minimum absolute atomic E-state index is 0.117. The van der Waals surface area contributed by atoms with Crippen molar-refractivity contribution in [3.05, 3.63) is 101 Å². The first-order valence-electron chi connectivity index (χ1n) is 15.3. The van der Waals surface area contributed by atoms with Gasteiger partial charge in [-0.15, -0.1) is 0 Å². The minimum atomic E-state index is -3.55. The molecule has 1 N–H and O–H groups in total. The SMILES string of the molecule is Cc1ccc(CN(C(=O)CCCN(c2cccc(C)c2)S(C)(=O)=O)C(Cc2ccccc2)C(=O)NC2CCCCC2)cc1. The highest BCUT2D eigenvalue weighted by Crippen LogP contribution is 2.22. The molecule has 4 rings (SSSR count). The number of anilines is 1. The van der Waals surface area contributed by atoms with Crippen LogP contribution in [-0.2, 0) is 32.6 Å². The van der Waals surface area contributed by atoms with Crippen LogP contribution in [0.3, 0.4) is 0 Å². The summed E-state index contributed by atoms with van der Waals surface area (Å²) in [7, 11) is -3.55. The molecule has 3 aromatic rings. The molecule has 0 radical (unpaired) electrons. The van der Waals surface area contributed by atoms with Crippen molar-refractivity contribution in [1.82, 2.24) is 10.2 Å². The molecule has 8 heteroatoms. The van der Waals surface area contributed by atoms with Crippen LogP contribution in [0.4, 0.5) is 5.69 Å². The van der Waals surface area contributed by atoms with Gasteiger partial charge in [-0.05, 0) is 61.9 Å². The van der Waals surface area contributed by atoms with Crippen LogP contribution in [0, 0.1) is 13.8 Å². The van der Waals surface area contributed by atoms with Gasteiger partial charge in [0, 0.05) is 32.0 Å². The van der Waals surface area contributed by atoms with Gasteiger partial charge in [0.05, 0.1) is 11.9 Å². The van der Waals surface area contributed by atoms with Crippen molar-refractivity contribution < 1.29 is 18.0 Å². The summed E-state index contributed by atoms with van der Waals surface area (Å²) >= 11 is 0. The fourth-order valence-corrected chi connectivity index (χ4v) is 6.73. The van der Waals surface area contributed by atoms with Gasteiger partial charge in [0.15, 0.2) is 0 Å². The van der Waals surface area contributed by atoms with E-state index < -0.39 is 16.1 Å². The lowest BCUT2D eigenvalue weighted by Crippen LogP contribution is -2.52. The number of hydrogen-bond donors (Lipinski definition) is 1. The Morgan fingerprint density at radius 3 is 2.21 bits per heavy atom. The lowest BCUT2D eigenvalue weighted by molar-refractivity contribution is -0.141. The normalized spacial score (nSPS) is 14.6. The third-order valence-electron chi connectivity index (χ3n) is 8.14. The smallest absolute Gasteiger partial charge is 0.243 e. The average Bonchev–Trinajstić information content (AvgIpc) is 2.98. The highest BCUT2D eigenvalue weighted by molar-refractivity contribution is 7.92. The third-order valence-corrected chi connectivity index (χ3v) is 9.33. The van der Waals surface area contributed by atoms with Gasteiger partial charge in [0.2, 0.25) is 21.8 Å². The van der Waals surface area contributed by atoms with Crippen LogP contribution in [0.15, 0.2) is 78.9 Å². The van der Waals surface area contributed by atoms with Crippen LogP contribution in [0.1, 0.15) is 67.2 Å². The summed E-state index contributed by atoms with van der Waals surface area (Å²) in [6, 6.07) is 24.6. The first-order chi connectivity index (χ1) is 20.6. The number of benzene rings is 3. The fourth-order valence-electron chi connectivity index (χ4n) is 5.78. The number of rotatable bonds is 13.